The van der Waals surface area contributed by atoms with Crippen LogP contribution in [0.2, 0.25) is 0 Å². The first-order chi connectivity index (χ1) is 13.5. The molecule has 2 aromatic rings. The number of methoxy groups -OCH3 is 3. The summed E-state index contributed by atoms with van der Waals surface area (Å²) >= 11 is 0. The molecule has 7 heteroatoms. The number of amides is 1. The lowest BCUT2D eigenvalue weighted by molar-refractivity contribution is -0.126. The first kappa shape index (κ1) is 19.5. The summed E-state index contributed by atoms with van der Waals surface area (Å²) in [7, 11) is 4.40. The molecule has 1 atom stereocenters. The first-order valence-electron chi connectivity index (χ1n) is 8.90. The summed E-state index contributed by atoms with van der Waals surface area (Å²) in [6.45, 7) is 2.13. The first-order valence-corrected chi connectivity index (χ1v) is 8.90. The third-order valence-electron chi connectivity index (χ3n) is 4.71. The van der Waals surface area contributed by atoms with Gasteiger partial charge in [-0.25, -0.2) is 4.79 Å². The second-order valence-electron chi connectivity index (χ2n) is 6.32. The second kappa shape index (κ2) is 8.21. The quantitative estimate of drug-likeness (QED) is 0.712. The number of nitrogens with zero attached hydrogens (tertiary/aromatic N) is 1. The van der Waals surface area contributed by atoms with Gasteiger partial charge < -0.3 is 23.8 Å². The van der Waals surface area contributed by atoms with Crippen molar-refractivity contribution in [3.63, 3.8) is 0 Å². The summed E-state index contributed by atoms with van der Waals surface area (Å²) in [5.41, 5.74) is 2.12. The molecule has 3 rings (SSSR count). The third kappa shape index (κ3) is 3.60. The number of hydrogen-bond acceptors (Lipinski definition) is 6. The zero-order chi connectivity index (χ0) is 20.3. The van der Waals surface area contributed by atoms with Crippen LogP contribution in [0, 0.1) is 0 Å². The van der Waals surface area contributed by atoms with Crippen LogP contribution in [0.15, 0.2) is 36.4 Å². The van der Waals surface area contributed by atoms with Gasteiger partial charge in [0.25, 0.3) is 5.91 Å². The number of benzene rings is 2. The van der Waals surface area contributed by atoms with E-state index in [2.05, 4.69) is 0 Å². The number of fused-ring (bicyclic) bond motifs is 1. The molecular weight excluding hydrogens is 362 g/mol. The van der Waals surface area contributed by atoms with E-state index in [1.807, 2.05) is 24.3 Å². The van der Waals surface area contributed by atoms with Gasteiger partial charge in [-0.1, -0.05) is 18.2 Å². The average Bonchev–Trinajstić information content (AvgIpc) is 3.15. The zero-order valence-electron chi connectivity index (χ0n) is 16.4. The SMILES string of the molecule is COc1cc(OC)c(C(=O)O[C@@H](C)C(=O)N2CCc3ccccc32)cc1OC. The van der Waals surface area contributed by atoms with Crippen molar-refractivity contribution in [3.05, 3.63) is 47.5 Å². The molecule has 0 spiro atoms. The molecule has 1 heterocycles. The Bertz CT molecular complexity index is 894. The maximum Gasteiger partial charge on any atom is 0.342 e. The molecule has 0 aromatic heterocycles. The molecule has 0 saturated heterocycles. The van der Waals surface area contributed by atoms with Crippen molar-refractivity contribution >= 4 is 17.6 Å². The van der Waals surface area contributed by atoms with Crippen LogP contribution in [0.25, 0.3) is 0 Å². The topological polar surface area (TPSA) is 74.3 Å². The summed E-state index contributed by atoms with van der Waals surface area (Å²) in [5.74, 6) is 0.120. The Balaban J connectivity index is 1.78. The normalized spacial score (nSPS) is 13.5. The lowest BCUT2D eigenvalue weighted by Crippen LogP contribution is -2.39. The highest BCUT2D eigenvalue weighted by Crippen LogP contribution is 2.35. The lowest BCUT2D eigenvalue weighted by Gasteiger charge is -2.22. The van der Waals surface area contributed by atoms with E-state index in [4.69, 9.17) is 18.9 Å². The van der Waals surface area contributed by atoms with Gasteiger partial charge >= 0.3 is 5.97 Å². The number of esters is 1. The van der Waals surface area contributed by atoms with E-state index in [0.29, 0.717) is 18.0 Å². The van der Waals surface area contributed by atoms with E-state index in [9.17, 15) is 9.59 Å². The molecule has 1 aliphatic rings. The van der Waals surface area contributed by atoms with Crippen LogP contribution in [0.5, 0.6) is 17.2 Å². The van der Waals surface area contributed by atoms with Crippen molar-refractivity contribution in [2.45, 2.75) is 19.4 Å². The van der Waals surface area contributed by atoms with Crippen LogP contribution in [0.1, 0.15) is 22.8 Å². The van der Waals surface area contributed by atoms with Gasteiger partial charge in [-0.05, 0) is 25.0 Å². The summed E-state index contributed by atoms with van der Waals surface area (Å²) in [4.78, 5) is 27.2. The van der Waals surface area contributed by atoms with Crippen LogP contribution >= 0.6 is 0 Å². The number of carbonyl (C=O) groups excluding carboxylic acids is 2. The van der Waals surface area contributed by atoms with Crippen LogP contribution in [0.4, 0.5) is 5.69 Å². The highest BCUT2D eigenvalue weighted by Gasteiger charge is 2.31. The Hall–Kier alpha value is -3.22. The molecule has 2 aromatic carbocycles. The predicted molar refractivity (Wildman–Crippen MR) is 103 cm³/mol. The van der Waals surface area contributed by atoms with Gasteiger partial charge in [-0.15, -0.1) is 0 Å². The number of rotatable bonds is 6. The molecule has 148 valence electrons. The van der Waals surface area contributed by atoms with Crippen molar-refractivity contribution < 1.29 is 28.5 Å². The summed E-state index contributed by atoms with van der Waals surface area (Å²) in [5, 5.41) is 0. The van der Waals surface area contributed by atoms with Crippen LogP contribution in [-0.2, 0) is 16.0 Å². The molecule has 1 aliphatic heterocycles. The van der Waals surface area contributed by atoms with E-state index >= 15 is 0 Å². The zero-order valence-corrected chi connectivity index (χ0v) is 16.4. The second-order valence-corrected chi connectivity index (χ2v) is 6.32. The highest BCUT2D eigenvalue weighted by molar-refractivity contribution is 6.01. The molecule has 0 saturated carbocycles. The average molecular weight is 385 g/mol. The molecule has 0 N–H and O–H groups in total. The minimum absolute atomic E-state index is 0.154. The van der Waals surface area contributed by atoms with E-state index in [0.717, 1.165) is 17.7 Å². The van der Waals surface area contributed by atoms with Crippen LogP contribution in [0.3, 0.4) is 0 Å². The van der Waals surface area contributed by atoms with Gasteiger partial charge in [0.2, 0.25) is 0 Å². The highest BCUT2D eigenvalue weighted by atomic mass is 16.6. The Morgan fingerprint density at radius 3 is 2.29 bits per heavy atom. The van der Waals surface area contributed by atoms with E-state index in [-0.39, 0.29) is 17.2 Å². The fraction of sp³-hybridized carbons (Fsp3) is 0.333. The third-order valence-corrected chi connectivity index (χ3v) is 4.71. The number of para-hydroxylation sites is 1. The molecule has 1 amide bonds. The maximum atomic E-state index is 12.8. The minimum atomic E-state index is -0.948. The maximum absolute atomic E-state index is 12.8. The fourth-order valence-electron chi connectivity index (χ4n) is 3.25. The Morgan fingerprint density at radius 1 is 0.964 bits per heavy atom. The molecule has 0 bridgehead atoms. The number of hydrogen-bond donors (Lipinski definition) is 0. The summed E-state index contributed by atoms with van der Waals surface area (Å²) < 4.78 is 21.2. The van der Waals surface area contributed by atoms with Crippen molar-refractivity contribution in [2.75, 3.05) is 32.8 Å². The van der Waals surface area contributed by atoms with Gasteiger partial charge in [-0.2, -0.15) is 0 Å². The van der Waals surface area contributed by atoms with E-state index < -0.39 is 12.1 Å². The Morgan fingerprint density at radius 2 is 1.61 bits per heavy atom. The molecule has 0 radical (unpaired) electrons. The molecular formula is C21H23NO6. The van der Waals surface area contributed by atoms with Crippen molar-refractivity contribution in [2.24, 2.45) is 0 Å². The van der Waals surface area contributed by atoms with Gasteiger partial charge in [0.15, 0.2) is 17.6 Å². The smallest absolute Gasteiger partial charge is 0.342 e. The molecule has 28 heavy (non-hydrogen) atoms. The van der Waals surface area contributed by atoms with E-state index in [1.54, 1.807) is 17.9 Å². The number of ether oxygens (including phenoxy) is 4. The van der Waals surface area contributed by atoms with Crippen molar-refractivity contribution in [1.29, 1.82) is 0 Å². The molecule has 7 nitrogen and oxygen atoms in total. The predicted octanol–water partition coefficient (Wildman–Crippen LogP) is 2.85. The number of carbonyl (C=O) groups is 2. The van der Waals surface area contributed by atoms with Gasteiger partial charge in [0.05, 0.1) is 21.3 Å². The van der Waals surface area contributed by atoms with Crippen molar-refractivity contribution in [1.82, 2.24) is 0 Å². The van der Waals surface area contributed by atoms with Gasteiger partial charge in [0.1, 0.15) is 11.3 Å². The monoisotopic (exact) mass is 385 g/mol. The van der Waals surface area contributed by atoms with Crippen LogP contribution < -0.4 is 19.1 Å². The largest absolute Gasteiger partial charge is 0.496 e. The molecule has 0 aliphatic carbocycles. The standard InChI is InChI=1S/C21H23NO6/c1-13(20(23)22-10-9-14-7-5-6-8-16(14)22)28-21(24)15-11-18(26-3)19(27-4)12-17(15)25-2/h5-8,11-13H,9-10H2,1-4H3/t13-/m0/s1. The van der Waals surface area contributed by atoms with Crippen LogP contribution in [-0.4, -0.2) is 45.9 Å². The lowest BCUT2D eigenvalue weighted by atomic mass is 10.1. The number of anilines is 1. The molecule has 0 fully saturated rings. The van der Waals surface area contributed by atoms with E-state index in [1.165, 1.54) is 27.4 Å². The van der Waals surface area contributed by atoms with Gasteiger partial charge in [-0.3, -0.25) is 4.79 Å². The van der Waals surface area contributed by atoms with Gasteiger partial charge in [0, 0.05) is 24.4 Å². The summed E-state index contributed by atoms with van der Waals surface area (Å²) in [6.07, 6.45) is -0.164. The minimum Gasteiger partial charge on any atom is -0.496 e. The summed E-state index contributed by atoms with van der Waals surface area (Å²) in [6, 6.07) is 10.7. The fourth-order valence-corrected chi connectivity index (χ4v) is 3.25. The Kier molecular flexibility index (Phi) is 5.73. The van der Waals surface area contributed by atoms with Crippen molar-refractivity contribution in [3.8, 4) is 17.2 Å². The molecule has 0 unspecified atom stereocenters. The Labute approximate surface area is 163 Å².